The molecule has 0 saturated carbocycles. The molecule has 1 amide bonds. The van der Waals surface area contributed by atoms with Crippen molar-refractivity contribution in [2.75, 3.05) is 0 Å². The summed E-state index contributed by atoms with van der Waals surface area (Å²) in [6.07, 6.45) is -0.363. The van der Waals surface area contributed by atoms with E-state index in [4.69, 9.17) is 10.00 Å². The van der Waals surface area contributed by atoms with E-state index in [2.05, 4.69) is 11.2 Å². The number of fused-ring (bicyclic) bond motifs is 1. The van der Waals surface area contributed by atoms with Gasteiger partial charge in [-0.1, -0.05) is 0 Å². The van der Waals surface area contributed by atoms with Crippen molar-refractivity contribution in [3.8, 4) is 6.07 Å². The van der Waals surface area contributed by atoms with Crippen LogP contribution in [0.25, 0.3) is 0 Å². The molecule has 0 fully saturated rings. The molecule has 0 radical (unpaired) electrons. The second-order valence-corrected chi connectivity index (χ2v) is 5.54. The highest BCUT2D eigenvalue weighted by Crippen LogP contribution is 2.26. The number of carbonyl (C=O) groups is 1. The fourth-order valence-corrected chi connectivity index (χ4v) is 2.08. The Balaban J connectivity index is 2.16. The fourth-order valence-electron chi connectivity index (χ4n) is 2.08. The van der Waals surface area contributed by atoms with Crippen LogP contribution in [0.15, 0.2) is 0 Å². The highest BCUT2D eigenvalue weighted by Gasteiger charge is 2.32. The molecule has 0 atom stereocenters. The third-order valence-electron chi connectivity index (χ3n) is 2.88. The van der Waals surface area contributed by atoms with E-state index in [-0.39, 0.29) is 6.09 Å². The summed E-state index contributed by atoms with van der Waals surface area (Å²) in [5, 5.41) is 13.5. The SMILES string of the molecule is CCn1nc2c(c1C#N)CN(C(=O)OC(C)(C)C)C2. The van der Waals surface area contributed by atoms with Crippen LogP contribution in [0.5, 0.6) is 0 Å². The van der Waals surface area contributed by atoms with Gasteiger partial charge in [0.05, 0.1) is 18.8 Å². The third kappa shape index (κ3) is 2.55. The van der Waals surface area contributed by atoms with Gasteiger partial charge < -0.3 is 4.74 Å². The Morgan fingerprint density at radius 1 is 1.47 bits per heavy atom. The quantitative estimate of drug-likeness (QED) is 0.776. The number of hydrogen-bond donors (Lipinski definition) is 0. The minimum atomic E-state index is -0.515. The summed E-state index contributed by atoms with van der Waals surface area (Å²) in [5.74, 6) is 0. The number of aromatic nitrogens is 2. The minimum absolute atomic E-state index is 0.363. The first-order chi connectivity index (χ1) is 8.85. The lowest BCUT2D eigenvalue weighted by molar-refractivity contribution is 0.0239. The van der Waals surface area contributed by atoms with Crippen molar-refractivity contribution < 1.29 is 9.53 Å². The van der Waals surface area contributed by atoms with Crippen LogP contribution in [0.2, 0.25) is 0 Å². The van der Waals surface area contributed by atoms with Crippen LogP contribution in [0, 0.1) is 11.3 Å². The lowest BCUT2D eigenvalue weighted by Gasteiger charge is -2.24. The van der Waals surface area contributed by atoms with E-state index in [9.17, 15) is 4.79 Å². The van der Waals surface area contributed by atoms with Gasteiger partial charge in [0, 0.05) is 12.1 Å². The first-order valence-electron chi connectivity index (χ1n) is 6.32. The van der Waals surface area contributed by atoms with Crippen molar-refractivity contribution in [1.82, 2.24) is 14.7 Å². The second-order valence-electron chi connectivity index (χ2n) is 5.54. The number of nitriles is 1. The zero-order chi connectivity index (χ0) is 14.2. The van der Waals surface area contributed by atoms with Crippen molar-refractivity contribution in [3.05, 3.63) is 17.0 Å². The van der Waals surface area contributed by atoms with Gasteiger partial charge in [-0.25, -0.2) is 4.79 Å². The monoisotopic (exact) mass is 262 g/mol. The normalized spacial score (nSPS) is 14.2. The number of carbonyl (C=O) groups excluding carboxylic acids is 1. The molecular formula is C13H18N4O2. The van der Waals surface area contributed by atoms with E-state index in [1.807, 2.05) is 27.7 Å². The van der Waals surface area contributed by atoms with E-state index >= 15 is 0 Å². The van der Waals surface area contributed by atoms with Crippen LogP contribution in [0.4, 0.5) is 4.79 Å². The Labute approximate surface area is 112 Å². The Morgan fingerprint density at radius 2 is 2.16 bits per heavy atom. The summed E-state index contributed by atoms with van der Waals surface area (Å²) in [5.41, 5.74) is 1.67. The molecule has 0 bridgehead atoms. The summed E-state index contributed by atoms with van der Waals surface area (Å²) in [6.45, 7) is 8.89. The van der Waals surface area contributed by atoms with Gasteiger partial charge in [0.1, 0.15) is 17.4 Å². The van der Waals surface area contributed by atoms with Gasteiger partial charge in [-0.05, 0) is 27.7 Å². The summed E-state index contributed by atoms with van der Waals surface area (Å²) in [6, 6.07) is 2.16. The second kappa shape index (κ2) is 4.57. The van der Waals surface area contributed by atoms with Gasteiger partial charge in [0.2, 0.25) is 0 Å². The highest BCUT2D eigenvalue weighted by atomic mass is 16.6. The lowest BCUT2D eigenvalue weighted by Crippen LogP contribution is -2.33. The maximum atomic E-state index is 12.0. The predicted octanol–water partition coefficient (Wildman–Crippen LogP) is 2.03. The van der Waals surface area contributed by atoms with Crippen LogP contribution in [-0.4, -0.2) is 26.4 Å². The molecule has 0 N–H and O–H groups in total. The molecule has 0 spiro atoms. The molecule has 1 aromatic rings. The molecule has 6 heteroatoms. The van der Waals surface area contributed by atoms with Crippen molar-refractivity contribution in [2.45, 2.75) is 52.9 Å². The summed E-state index contributed by atoms with van der Waals surface area (Å²) in [4.78, 5) is 13.5. The molecule has 2 rings (SSSR count). The molecule has 0 unspecified atom stereocenters. The van der Waals surface area contributed by atoms with E-state index in [0.29, 0.717) is 25.3 Å². The van der Waals surface area contributed by atoms with E-state index in [1.54, 1.807) is 9.58 Å². The molecule has 0 aromatic carbocycles. The maximum absolute atomic E-state index is 12.0. The van der Waals surface area contributed by atoms with Crippen molar-refractivity contribution >= 4 is 6.09 Å². The largest absolute Gasteiger partial charge is 0.444 e. The number of hydrogen-bond acceptors (Lipinski definition) is 4. The third-order valence-corrected chi connectivity index (χ3v) is 2.88. The van der Waals surface area contributed by atoms with Gasteiger partial charge in [0.15, 0.2) is 0 Å². The number of aryl methyl sites for hydroxylation is 1. The minimum Gasteiger partial charge on any atom is -0.444 e. The van der Waals surface area contributed by atoms with Gasteiger partial charge in [-0.15, -0.1) is 0 Å². The average Bonchev–Trinajstić information content (AvgIpc) is 2.82. The van der Waals surface area contributed by atoms with Gasteiger partial charge >= 0.3 is 6.09 Å². The summed E-state index contributed by atoms with van der Waals surface area (Å²) < 4.78 is 7.00. The van der Waals surface area contributed by atoms with Crippen molar-refractivity contribution in [3.63, 3.8) is 0 Å². The molecule has 1 aromatic heterocycles. The highest BCUT2D eigenvalue weighted by molar-refractivity contribution is 5.69. The zero-order valence-electron chi connectivity index (χ0n) is 11.7. The smallest absolute Gasteiger partial charge is 0.410 e. The van der Waals surface area contributed by atoms with Gasteiger partial charge in [-0.3, -0.25) is 9.58 Å². The van der Waals surface area contributed by atoms with Crippen molar-refractivity contribution in [1.29, 1.82) is 5.26 Å². The van der Waals surface area contributed by atoms with Crippen LogP contribution in [0.1, 0.15) is 44.6 Å². The number of ether oxygens (including phenoxy) is 1. The lowest BCUT2D eigenvalue weighted by atomic mass is 10.2. The van der Waals surface area contributed by atoms with E-state index in [1.165, 1.54) is 0 Å². The number of rotatable bonds is 1. The molecular weight excluding hydrogens is 244 g/mol. The van der Waals surface area contributed by atoms with E-state index < -0.39 is 5.60 Å². The Bertz CT molecular complexity index is 548. The Morgan fingerprint density at radius 3 is 2.68 bits per heavy atom. The van der Waals surface area contributed by atoms with Crippen LogP contribution >= 0.6 is 0 Å². The molecule has 1 aliphatic heterocycles. The number of amides is 1. The van der Waals surface area contributed by atoms with Crippen LogP contribution in [-0.2, 0) is 24.4 Å². The Kier molecular flexibility index (Phi) is 3.23. The molecule has 6 nitrogen and oxygen atoms in total. The number of nitrogens with zero attached hydrogens (tertiary/aromatic N) is 4. The van der Waals surface area contributed by atoms with Gasteiger partial charge in [-0.2, -0.15) is 10.4 Å². The van der Waals surface area contributed by atoms with Crippen molar-refractivity contribution in [2.24, 2.45) is 0 Å². The zero-order valence-corrected chi connectivity index (χ0v) is 11.7. The molecule has 19 heavy (non-hydrogen) atoms. The summed E-state index contributed by atoms with van der Waals surface area (Å²) >= 11 is 0. The average molecular weight is 262 g/mol. The van der Waals surface area contributed by atoms with Gasteiger partial charge in [0.25, 0.3) is 0 Å². The van der Waals surface area contributed by atoms with E-state index in [0.717, 1.165) is 11.3 Å². The molecule has 2 heterocycles. The van der Waals surface area contributed by atoms with Crippen LogP contribution < -0.4 is 0 Å². The summed E-state index contributed by atoms with van der Waals surface area (Å²) in [7, 11) is 0. The maximum Gasteiger partial charge on any atom is 0.410 e. The first-order valence-corrected chi connectivity index (χ1v) is 6.32. The molecule has 0 saturated heterocycles. The fraction of sp³-hybridized carbons (Fsp3) is 0.615. The predicted molar refractivity (Wildman–Crippen MR) is 68.1 cm³/mol. The first kappa shape index (κ1) is 13.4. The molecule has 0 aliphatic carbocycles. The molecule has 1 aliphatic rings. The van der Waals surface area contributed by atoms with Crippen LogP contribution in [0.3, 0.4) is 0 Å². The molecule has 102 valence electrons. The topological polar surface area (TPSA) is 71.2 Å². The standard InChI is InChI=1S/C13H18N4O2/c1-5-17-11(6-14)9-7-16(8-10(9)15-17)12(18)19-13(2,3)4/h5,7-8H2,1-4H3. The Hall–Kier alpha value is -2.03.